The minimum Gasteiger partial charge on any atom is -0.388 e. The molecule has 17 nitrogen and oxygen atoms in total. The fourth-order valence-corrected chi connectivity index (χ4v) is 6.94. The Morgan fingerprint density at radius 3 is 1.89 bits per heavy atom. The highest BCUT2D eigenvalue weighted by molar-refractivity contribution is 7.85. The molecule has 2 heterocycles. The van der Waals surface area contributed by atoms with Crippen molar-refractivity contribution in [2.75, 3.05) is 58.9 Å². The molecule has 312 valence electrons. The Labute approximate surface area is 320 Å². The van der Waals surface area contributed by atoms with Gasteiger partial charge in [0.25, 0.3) is 21.9 Å². The Kier molecular flexibility index (Phi) is 18.4. The van der Waals surface area contributed by atoms with Gasteiger partial charge in [-0.1, -0.05) is 20.8 Å². The van der Waals surface area contributed by atoms with Crippen LogP contribution in [0.1, 0.15) is 54.9 Å². The van der Waals surface area contributed by atoms with Crippen molar-refractivity contribution < 1.29 is 71.2 Å². The standard InChI is InChI=1S/C34H65N3O14S2/c1-18(2)20(4)48-28-24(40)22(38)26(49-30(28)32(42)35-12-15-37(8,9)14-11-17-53(44,45)46)19(3)34(6,7)51-29-25(41)23(39)27(21(5)47-10)50-31(29)33(43)36-13-16-52/h18-31,38-41H,11-17H2,1-10H3,(H3-,35,36,42,43,44,45,46,52)/p+1/t19?,20?,21?,22-,23-,24+,25?,26+,27+,28?,29+,30?,31?/m1/s1. The number of likely N-dealkylation sites (N-methyl/N-ethyl adjacent to an activating group) is 1. The van der Waals surface area contributed by atoms with Crippen LogP contribution in [-0.4, -0.2) is 187 Å². The average Bonchev–Trinajstić information content (AvgIpc) is 3.06. The highest BCUT2D eigenvalue weighted by Gasteiger charge is 2.55. The monoisotopic (exact) mass is 804 g/mol. The van der Waals surface area contributed by atoms with Gasteiger partial charge < -0.3 is 59.2 Å². The molecule has 13 atom stereocenters. The maximum absolute atomic E-state index is 13.8. The SMILES string of the molecule is COC(C)[C@@H]1OC(C(=O)NCCS)[C@@H](OC(C)(C)C(C)[C@@H]2OC(C(=O)NCC[N+](C)(C)CCCS(=O)(=O)O)C(OC(C)C(C)C)[C@@H](O)[C@H]2O)C(O)[C@H]1O. The molecule has 0 radical (unpaired) electrons. The Hall–Kier alpha value is -1.20. The summed E-state index contributed by atoms with van der Waals surface area (Å²) in [6.45, 7) is 13.3. The van der Waals surface area contributed by atoms with Gasteiger partial charge in [0.1, 0.15) is 42.7 Å². The van der Waals surface area contributed by atoms with E-state index in [1.54, 1.807) is 34.6 Å². The van der Waals surface area contributed by atoms with Crippen LogP contribution in [-0.2, 0) is 43.4 Å². The molecule has 0 saturated carbocycles. The number of rotatable bonds is 20. The van der Waals surface area contributed by atoms with Gasteiger partial charge in [-0.3, -0.25) is 14.1 Å². The summed E-state index contributed by atoms with van der Waals surface area (Å²) in [7, 11) is 1.01. The number of methoxy groups -OCH3 is 1. The molecule has 2 fully saturated rings. The maximum Gasteiger partial charge on any atom is 0.265 e. The topological polar surface area (TPSA) is 240 Å². The summed E-state index contributed by atoms with van der Waals surface area (Å²) >= 11 is 4.14. The molecule has 0 spiro atoms. The van der Waals surface area contributed by atoms with Gasteiger partial charge in [-0.15, -0.1) is 0 Å². The fraction of sp³-hybridized carbons (Fsp3) is 0.941. The van der Waals surface area contributed by atoms with E-state index in [0.717, 1.165) is 0 Å². The van der Waals surface area contributed by atoms with Crippen molar-refractivity contribution in [3.63, 3.8) is 0 Å². The number of quaternary nitrogens is 1. The predicted molar refractivity (Wildman–Crippen MR) is 198 cm³/mol. The molecule has 2 aliphatic heterocycles. The lowest BCUT2D eigenvalue weighted by Gasteiger charge is -2.50. The van der Waals surface area contributed by atoms with Gasteiger partial charge in [-0.25, -0.2) is 0 Å². The number of amides is 2. The van der Waals surface area contributed by atoms with E-state index in [1.165, 1.54) is 7.11 Å². The Morgan fingerprint density at radius 2 is 1.36 bits per heavy atom. The lowest BCUT2D eigenvalue weighted by molar-refractivity contribution is -0.889. The number of carbonyl (C=O) groups excluding carboxylic acids is 2. The summed E-state index contributed by atoms with van der Waals surface area (Å²) in [4.78, 5) is 27.1. The zero-order valence-corrected chi connectivity index (χ0v) is 34.5. The van der Waals surface area contributed by atoms with Crippen LogP contribution in [0, 0.1) is 11.8 Å². The van der Waals surface area contributed by atoms with Crippen LogP contribution in [0.2, 0.25) is 0 Å². The summed E-state index contributed by atoms with van der Waals surface area (Å²) < 4.78 is 61.8. The second-order valence-electron chi connectivity index (χ2n) is 15.8. The quantitative estimate of drug-likeness (QED) is 0.0408. The highest BCUT2D eigenvalue weighted by Crippen LogP contribution is 2.38. The van der Waals surface area contributed by atoms with E-state index in [0.29, 0.717) is 23.3 Å². The smallest absolute Gasteiger partial charge is 0.265 e. The Bertz CT molecular complexity index is 1270. The molecule has 2 aliphatic rings. The molecule has 0 aromatic heterocycles. The van der Waals surface area contributed by atoms with Gasteiger partial charge >= 0.3 is 0 Å². The van der Waals surface area contributed by atoms with E-state index in [1.807, 2.05) is 27.9 Å². The number of carbonyl (C=O) groups is 2. The minimum absolute atomic E-state index is 0.00302. The van der Waals surface area contributed by atoms with E-state index in [2.05, 4.69) is 23.3 Å². The third-order valence-electron chi connectivity index (χ3n) is 10.5. The fourth-order valence-electron chi connectivity index (χ4n) is 6.34. The van der Waals surface area contributed by atoms with Gasteiger partial charge in [0.2, 0.25) is 0 Å². The number of aliphatic hydroxyl groups excluding tert-OH is 4. The van der Waals surface area contributed by atoms with Crippen molar-refractivity contribution in [3.8, 4) is 0 Å². The number of thiol groups is 1. The van der Waals surface area contributed by atoms with Gasteiger partial charge in [0, 0.05) is 31.7 Å². The number of hydrogen-bond donors (Lipinski definition) is 8. The van der Waals surface area contributed by atoms with E-state index >= 15 is 0 Å². The molecule has 0 aliphatic carbocycles. The van der Waals surface area contributed by atoms with Crippen molar-refractivity contribution in [3.05, 3.63) is 0 Å². The lowest BCUT2D eigenvalue weighted by Crippen LogP contribution is -2.68. The molecule has 0 aromatic rings. The van der Waals surface area contributed by atoms with Crippen LogP contribution in [0.15, 0.2) is 0 Å². The largest absolute Gasteiger partial charge is 0.388 e. The molecule has 0 bridgehead atoms. The van der Waals surface area contributed by atoms with Crippen molar-refractivity contribution in [2.45, 2.75) is 134 Å². The minimum atomic E-state index is -4.10. The molecule has 19 heteroatoms. The molecule has 2 saturated heterocycles. The van der Waals surface area contributed by atoms with Crippen molar-refractivity contribution >= 4 is 34.6 Å². The summed E-state index contributed by atoms with van der Waals surface area (Å²) in [5.74, 6) is -2.08. The summed E-state index contributed by atoms with van der Waals surface area (Å²) in [6, 6.07) is 0. The average molecular weight is 805 g/mol. The number of hydrogen-bond acceptors (Lipinski definition) is 14. The predicted octanol–water partition coefficient (Wildman–Crippen LogP) is -1.25. The maximum atomic E-state index is 13.8. The third-order valence-corrected chi connectivity index (χ3v) is 11.6. The normalized spacial score (nSPS) is 31.9. The molecule has 53 heavy (non-hydrogen) atoms. The van der Waals surface area contributed by atoms with Crippen LogP contribution in [0.25, 0.3) is 0 Å². The van der Waals surface area contributed by atoms with Crippen molar-refractivity contribution in [2.24, 2.45) is 11.8 Å². The highest BCUT2D eigenvalue weighted by atomic mass is 32.2. The molecule has 2 rings (SSSR count). The van der Waals surface area contributed by atoms with E-state index in [4.69, 9.17) is 28.2 Å². The number of nitrogens with zero attached hydrogens (tertiary/aromatic N) is 1. The Morgan fingerprint density at radius 1 is 0.849 bits per heavy atom. The number of nitrogens with one attached hydrogen (secondary N) is 2. The van der Waals surface area contributed by atoms with Crippen LogP contribution < -0.4 is 10.6 Å². The first-order valence-corrected chi connectivity index (χ1v) is 20.5. The molecular formula is C34H66N3O14S2+. The molecule has 0 aromatic carbocycles. The van der Waals surface area contributed by atoms with Gasteiger partial charge in [0.15, 0.2) is 12.2 Å². The first-order chi connectivity index (χ1) is 24.4. The molecule has 7 unspecified atom stereocenters. The summed E-state index contributed by atoms with van der Waals surface area (Å²) in [5.41, 5.74) is -1.34. The summed E-state index contributed by atoms with van der Waals surface area (Å²) in [6.07, 6.45) is -14.8. The Balaban J connectivity index is 2.35. The van der Waals surface area contributed by atoms with Gasteiger partial charge in [0.05, 0.1) is 63.4 Å². The lowest BCUT2D eigenvalue weighted by atomic mass is 9.80. The second-order valence-corrected chi connectivity index (χ2v) is 17.8. The van der Waals surface area contributed by atoms with Crippen LogP contribution >= 0.6 is 12.6 Å². The second kappa shape index (κ2) is 20.3. The zero-order chi connectivity index (χ0) is 40.6. The van der Waals surface area contributed by atoms with Crippen LogP contribution in [0.4, 0.5) is 0 Å². The van der Waals surface area contributed by atoms with Crippen LogP contribution in [0.5, 0.6) is 0 Å². The zero-order valence-electron chi connectivity index (χ0n) is 32.7. The third kappa shape index (κ3) is 13.5. The molecule has 2 amide bonds. The molecule has 7 N–H and O–H groups in total. The van der Waals surface area contributed by atoms with Crippen LogP contribution in [0.3, 0.4) is 0 Å². The number of ether oxygens (including phenoxy) is 5. The first kappa shape index (κ1) is 48.0. The van der Waals surface area contributed by atoms with E-state index in [9.17, 15) is 38.4 Å². The van der Waals surface area contributed by atoms with Gasteiger partial charge in [-0.2, -0.15) is 21.0 Å². The molecular weight excluding hydrogens is 739 g/mol. The van der Waals surface area contributed by atoms with Gasteiger partial charge in [-0.05, 0) is 33.6 Å². The first-order valence-electron chi connectivity index (χ1n) is 18.2. The summed E-state index contributed by atoms with van der Waals surface area (Å²) in [5, 5.41) is 50.8. The van der Waals surface area contributed by atoms with E-state index in [-0.39, 0.29) is 31.2 Å². The van der Waals surface area contributed by atoms with Crippen molar-refractivity contribution in [1.29, 1.82) is 0 Å². The van der Waals surface area contributed by atoms with E-state index < -0.39 is 107 Å². The number of aliphatic hydroxyl groups is 4. The van der Waals surface area contributed by atoms with Crippen molar-refractivity contribution in [1.82, 2.24) is 10.6 Å².